The molecule has 4 rings (SSSR count). The predicted octanol–water partition coefficient (Wildman–Crippen LogP) is 4.22. The number of anilines is 2. The third-order valence-electron chi connectivity index (χ3n) is 4.93. The summed E-state index contributed by atoms with van der Waals surface area (Å²) in [6.45, 7) is 2.01. The second-order valence-electron chi connectivity index (χ2n) is 6.94. The number of fused-ring (bicyclic) bond motifs is 3. The number of carbonyl (C=O) groups excluding carboxylic acids is 1. The van der Waals surface area contributed by atoms with Crippen molar-refractivity contribution in [2.45, 2.75) is 32.6 Å². The summed E-state index contributed by atoms with van der Waals surface area (Å²) in [5, 5.41) is 3.60. The van der Waals surface area contributed by atoms with Gasteiger partial charge in [0.25, 0.3) is 0 Å². The molecule has 3 N–H and O–H groups in total. The van der Waals surface area contributed by atoms with Crippen molar-refractivity contribution in [3.63, 3.8) is 0 Å². The molecule has 0 atom stereocenters. The molecule has 0 unspecified atom stereocenters. The first kappa shape index (κ1) is 18.4. The maximum absolute atomic E-state index is 12.5. The predicted molar refractivity (Wildman–Crippen MR) is 112 cm³/mol. The van der Waals surface area contributed by atoms with Crippen molar-refractivity contribution in [2.75, 3.05) is 11.1 Å². The summed E-state index contributed by atoms with van der Waals surface area (Å²) >= 11 is 5.90. The molecule has 2 aromatic carbocycles. The Morgan fingerprint density at radius 2 is 1.93 bits per heavy atom. The maximum Gasteiger partial charge on any atom is 0.229 e. The number of hydrogen-bond acceptors (Lipinski definition) is 4. The normalized spacial score (nSPS) is 12.2. The summed E-state index contributed by atoms with van der Waals surface area (Å²) in [5.74, 6) is 0.439. The summed E-state index contributed by atoms with van der Waals surface area (Å²) in [4.78, 5) is 22.1. The van der Waals surface area contributed by atoms with Crippen molar-refractivity contribution in [3.8, 4) is 11.3 Å². The molecule has 1 aliphatic rings. The molecule has 1 heterocycles. The molecule has 0 spiro atoms. The largest absolute Gasteiger partial charge is 0.399 e. The fraction of sp³-hybridized carbons (Fsp3) is 0.227. The van der Waals surface area contributed by atoms with Gasteiger partial charge in [0.1, 0.15) is 0 Å². The smallest absolute Gasteiger partial charge is 0.229 e. The number of aromatic nitrogens is 2. The Labute approximate surface area is 169 Å². The van der Waals surface area contributed by atoms with Crippen LogP contribution in [0.4, 0.5) is 11.5 Å². The second kappa shape index (κ2) is 7.60. The number of rotatable bonds is 4. The van der Waals surface area contributed by atoms with Crippen molar-refractivity contribution in [3.05, 3.63) is 70.0 Å². The third-order valence-corrected chi connectivity index (χ3v) is 5.18. The molecule has 0 bridgehead atoms. The molecule has 1 aromatic heterocycles. The molecule has 3 aromatic rings. The number of aryl methyl sites for hydroxylation is 3. The minimum atomic E-state index is -0.116. The van der Waals surface area contributed by atoms with Gasteiger partial charge in [-0.25, -0.2) is 9.97 Å². The van der Waals surface area contributed by atoms with Crippen molar-refractivity contribution in [1.82, 2.24) is 9.97 Å². The average molecular weight is 393 g/mol. The van der Waals surface area contributed by atoms with Gasteiger partial charge in [-0.05, 0) is 54.7 Å². The van der Waals surface area contributed by atoms with Gasteiger partial charge >= 0.3 is 0 Å². The fourth-order valence-corrected chi connectivity index (χ4v) is 3.64. The van der Waals surface area contributed by atoms with Crippen molar-refractivity contribution >= 4 is 29.0 Å². The number of nitrogen functional groups attached to an aromatic ring is 1. The van der Waals surface area contributed by atoms with Gasteiger partial charge in [-0.1, -0.05) is 36.7 Å². The van der Waals surface area contributed by atoms with E-state index in [4.69, 9.17) is 27.3 Å². The Balaban J connectivity index is 1.61. The third kappa shape index (κ3) is 3.71. The number of nitrogens with two attached hydrogens (primary N) is 1. The van der Waals surface area contributed by atoms with Crippen LogP contribution in [0.5, 0.6) is 0 Å². The fourth-order valence-electron chi connectivity index (χ4n) is 3.51. The van der Waals surface area contributed by atoms with Crippen LogP contribution in [0, 0.1) is 0 Å². The van der Waals surface area contributed by atoms with Crippen LogP contribution in [-0.4, -0.2) is 15.9 Å². The Hall–Kier alpha value is -2.92. The molecule has 0 radical (unpaired) electrons. The number of benzene rings is 2. The minimum absolute atomic E-state index is 0.116. The van der Waals surface area contributed by atoms with E-state index in [1.807, 2.05) is 37.3 Å². The highest BCUT2D eigenvalue weighted by Crippen LogP contribution is 2.33. The van der Waals surface area contributed by atoms with Crippen LogP contribution in [0.15, 0.2) is 42.5 Å². The topological polar surface area (TPSA) is 80.9 Å². The average Bonchev–Trinajstić information content (AvgIpc) is 2.68. The molecule has 1 amide bonds. The molecule has 5 nitrogen and oxygen atoms in total. The number of halogens is 1. The Morgan fingerprint density at radius 3 is 2.68 bits per heavy atom. The summed E-state index contributed by atoms with van der Waals surface area (Å²) in [6, 6.07) is 13.2. The van der Waals surface area contributed by atoms with E-state index in [9.17, 15) is 4.79 Å². The molecule has 6 heteroatoms. The van der Waals surface area contributed by atoms with Crippen LogP contribution in [-0.2, 0) is 30.5 Å². The van der Waals surface area contributed by atoms with E-state index in [0.29, 0.717) is 17.3 Å². The Morgan fingerprint density at radius 1 is 1.14 bits per heavy atom. The van der Waals surface area contributed by atoms with Crippen LogP contribution in [0.3, 0.4) is 0 Å². The Kier molecular flexibility index (Phi) is 5.01. The van der Waals surface area contributed by atoms with Gasteiger partial charge in [0, 0.05) is 16.3 Å². The van der Waals surface area contributed by atoms with E-state index >= 15 is 0 Å². The lowest BCUT2D eigenvalue weighted by atomic mass is 9.91. The van der Waals surface area contributed by atoms with E-state index in [-0.39, 0.29) is 12.3 Å². The first-order valence-electron chi connectivity index (χ1n) is 9.36. The quantitative estimate of drug-likeness (QED) is 0.651. The lowest BCUT2D eigenvalue weighted by molar-refractivity contribution is -0.115. The first-order chi connectivity index (χ1) is 13.5. The van der Waals surface area contributed by atoms with Crippen LogP contribution in [0.1, 0.15) is 29.4 Å². The number of hydrogen-bond donors (Lipinski definition) is 2. The minimum Gasteiger partial charge on any atom is -0.399 e. The molecule has 1 aliphatic carbocycles. The zero-order chi connectivity index (χ0) is 19.7. The highest BCUT2D eigenvalue weighted by atomic mass is 35.5. The Bertz CT molecular complexity index is 1050. The van der Waals surface area contributed by atoms with Gasteiger partial charge in [0.15, 0.2) is 5.82 Å². The number of amides is 1. The van der Waals surface area contributed by atoms with E-state index in [0.717, 1.165) is 46.7 Å². The van der Waals surface area contributed by atoms with Crippen molar-refractivity contribution in [1.29, 1.82) is 0 Å². The number of nitrogens with zero attached hydrogens (tertiary/aromatic N) is 2. The maximum atomic E-state index is 12.5. The first-order valence-corrected chi connectivity index (χ1v) is 9.74. The summed E-state index contributed by atoms with van der Waals surface area (Å²) < 4.78 is 0. The SMILES string of the molecule is CCc1nc2c(nc1NC(=O)Cc1ccc(Cl)cc1)CCc1cc(N)ccc1-2. The molecule has 0 saturated carbocycles. The molecule has 0 saturated heterocycles. The molecular formula is C22H21ClN4O. The van der Waals surface area contributed by atoms with Gasteiger partial charge in [0.05, 0.1) is 23.5 Å². The molecule has 0 fully saturated rings. The standard InChI is InChI=1S/C22H21ClN4O/c1-2-18-22(27-20(28)11-13-3-6-15(23)7-4-13)26-19-10-5-14-12-16(24)8-9-17(14)21(19)25-18/h3-4,6-9,12H,2,5,10-11,24H2,1H3,(H,26,27,28). The number of nitrogens with one attached hydrogen (secondary N) is 1. The van der Waals surface area contributed by atoms with E-state index in [1.165, 1.54) is 5.56 Å². The van der Waals surface area contributed by atoms with Gasteiger partial charge < -0.3 is 11.1 Å². The molecule has 0 aliphatic heterocycles. The molecule has 28 heavy (non-hydrogen) atoms. The van der Waals surface area contributed by atoms with Crippen LogP contribution >= 0.6 is 11.6 Å². The van der Waals surface area contributed by atoms with E-state index in [2.05, 4.69) is 5.32 Å². The molecular weight excluding hydrogens is 372 g/mol. The zero-order valence-electron chi connectivity index (χ0n) is 15.6. The lowest BCUT2D eigenvalue weighted by Crippen LogP contribution is -2.19. The zero-order valence-corrected chi connectivity index (χ0v) is 16.4. The second-order valence-corrected chi connectivity index (χ2v) is 7.37. The van der Waals surface area contributed by atoms with Gasteiger partial charge in [0.2, 0.25) is 5.91 Å². The summed E-state index contributed by atoms with van der Waals surface area (Å²) in [5.41, 5.74) is 12.5. The van der Waals surface area contributed by atoms with Crippen molar-refractivity contribution in [2.24, 2.45) is 0 Å². The monoisotopic (exact) mass is 392 g/mol. The summed E-state index contributed by atoms with van der Waals surface area (Å²) in [6.07, 6.45) is 2.59. The lowest BCUT2D eigenvalue weighted by Gasteiger charge is -2.21. The van der Waals surface area contributed by atoms with Crippen LogP contribution in [0.2, 0.25) is 5.02 Å². The van der Waals surface area contributed by atoms with Gasteiger partial charge in [-0.2, -0.15) is 0 Å². The highest BCUT2D eigenvalue weighted by Gasteiger charge is 2.22. The highest BCUT2D eigenvalue weighted by molar-refractivity contribution is 6.30. The number of carbonyl (C=O) groups is 1. The van der Waals surface area contributed by atoms with Crippen molar-refractivity contribution < 1.29 is 4.79 Å². The van der Waals surface area contributed by atoms with Crippen LogP contribution in [0.25, 0.3) is 11.3 Å². The van der Waals surface area contributed by atoms with Gasteiger partial charge in [-0.15, -0.1) is 0 Å². The summed E-state index contributed by atoms with van der Waals surface area (Å²) in [7, 11) is 0. The van der Waals surface area contributed by atoms with E-state index < -0.39 is 0 Å². The van der Waals surface area contributed by atoms with Gasteiger partial charge in [-0.3, -0.25) is 4.79 Å². The van der Waals surface area contributed by atoms with E-state index in [1.54, 1.807) is 12.1 Å². The molecule has 142 valence electrons. The van der Waals surface area contributed by atoms with Crippen LogP contribution < -0.4 is 11.1 Å².